The van der Waals surface area contributed by atoms with Crippen LogP contribution >= 0.6 is 31.9 Å². The van der Waals surface area contributed by atoms with E-state index >= 15 is 0 Å². The molecule has 0 fully saturated rings. The standard InChI is InChI=1S/C20H14Br2N2O3/c1-3-8-27-19-13(10-15(21)11-18(19)22)9-14(12-23)20(25)24-16-4-6-17(26-2)7-5-16/h1,4-7,9-11H,8H2,2H3,(H,24,25)/b14-9+. The Labute approximate surface area is 174 Å². The summed E-state index contributed by atoms with van der Waals surface area (Å²) < 4.78 is 12.0. The van der Waals surface area contributed by atoms with Crippen molar-refractivity contribution in [2.24, 2.45) is 0 Å². The maximum Gasteiger partial charge on any atom is 0.266 e. The Balaban J connectivity index is 2.33. The highest BCUT2D eigenvalue weighted by molar-refractivity contribution is 9.11. The smallest absolute Gasteiger partial charge is 0.266 e. The van der Waals surface area contributed by atoms with Gasteiger partial charge in [0.1, 0.15) is 29.7 Å². The van der Waals surface area contributed by atoms with Crippen LogP contribution in [0.5, 0.6) is 11.5 Å². The fraction of sp³-hybridized carbons (Fsp3) is 0.100. The highest BCUT2D eigenvalue weighted by atomic mass is 79.9. The van der Waals surface area contributed by atoms with Gasteiger partial charge in [-0.1, -0.05) is 21.9 Å². The first-order valence-corrected chi connectivity index (χ1v) is 9.19. The molecule has 0 saturated heterocycles. The van der Waals surface area contributed by atoms with Crippen molar-refractivity contribution in [2.45, 2.75) is 0 Å². The highest BCUT2D eigenvalue weighted by Gasteiger charge is 2.14. The van der Waals surface area contributed by atoms with Gasteiger partial charge >= 0.3 is 0 Å². The van der Waals surface area contributed by atoms with Crippen molar-refractivity contribution >= 4 is 49.5 Å². The monoisotopic (exact) mass is 488 g/mol. The molecule has 0 unspecified atom stereocenters. The van der Waals surface area contributed by atoms with Crippen LogP contribution in [0, 0.1) is 23.7 Å². The van der Waals surface area contributed by atoms with Gasteiger partial charge in [0.25, 0.3) is 5.91 Å². The number of hydrogen-bond donors (Lipinski definition) is 1. The molecule has 1 amide bonds. The molecule has 1 N–H and O–H groups in total. The summed E-state index contributed by atoms with van der Waals surface area (Å²) in [6.45, 7) is 0.0566. The van der Waals surface area contributed by atoms with Crippen LogP contribution in [0.2, 0.25) is 0 Å². The van der Waals surface area contributed by atoms with Crippen molar-refractivity contribution in [1.82, 2.24) is 0 Å². The van der Waals surface area contributed by atoms with Crippen LogP contribution in [0.4, 0.5) is 5.69 Å². The maximum absolute atomic E-state index is 12.5. The number of rotatable bonds is 6. The predicted molar refractivity (Wildman–Crippen MR) is 111 cm³/mol. The molecule has 136 valence electrons. The lowest BCUT2D eigenvalue weighted by Crippen LogP contribution is -2.13. The van der Waals surface area contributed by atoms with E-state index in [1.54, 1.807) is 43.5 Å². The molecule has 5 nitrogen and oxygen atoms in total. The summed E-state index contributed by atoms with van der Waals surface area (Å²) in [6, 6.07) is 12.2. The lowest BCUT2D eigenvalue weighted by Gasteiger charge is -2.11. The van der Waals surface area contributed by atoms with Crippen molar-refractivity contribution in [3.05, 3.63) is 56.5 Å². The summed E-state index contributed by atoms with van der Waals surface area (Å²) in [7, 11) is 1.56. The minimum Gasteiger partial charge on any atom is -0.497 e. The van der Waals surface area contributed by atoms with Crippen molar-refractivity contribution in [3.8, 4) is 29.9 Å². The van der Waals surface area contributed by atoms with E-state index in [0.717, 1.165) is 4.47 Å². The minimum absolute atomic E-state index is 0.0566. The second-order valence-electron chi connectivity index (χ2n) is 5.15. The number of hydrogen-bond acceptors (Lipinski definition) is 4. The molecular weight excluding hydrogens is 476 g/mol. The number of anilines is 1. The number of methoxy groups -OCH3 is 1. The SMILES string of the molecule is C#CCOc1c(Br)cc(Br)cc1/C=C(\C#N)C(=O)Nc1ccc(OC)cc1. The van der Waals surface area contributed by atoms with Gasteiger partial charge in [0.05, 0.1) is 11.6 Å². The van der Waals surface area contributed by atoms with E-state index in [2.05, 4.69) is 43.1 Å². The topological polar surface area (TPSA) is 71.3 Å². The minimum atomic E-state index is -0.540. The number of nitrogens with zero attached hydrogens (tertiary/aromatic N) is 1. The van der Waals surface area contributed by atoms with E-state index in [0.29, 0.717) is 27.2 Å². The van der Waals surface area contributed by atoms with Crippen LogP contribution in [0.15, 0.2) is 50.9 Å². The quantitative estimate of drug-likeness (QED) is 0.360. The molecule has 0 aliphatic heterocycles. The Hall–Kier alpha value is -2.74. The van der Waals surface area contributed by atoms with E-state index < -0.39 is 5.91 Å². The van der Waals surface area contributed by atoms with Crippen LogP contribution in [0.25, 0.3) is 6.08 Å². The number of carbonyl (C=O) groups excluding carboxylic acids is 1. The molecule has 0 heterocycles. The van der Waals surface area contributed by atoms with Crippen LogP contribution < -0.4 is 14.8 Å². The van der Waals surface area contributed by atoms with E-state index in [1.165, 1.54) is 6.08 Å². The molecule has 0 aliphatic carbocycles. The van der Waals surface area contributed by atoms with Gasteiger partial charge in [0, 0.05) is 15.7 Å². The Bertz CT molecular complexity index is 955. The molecule has 0 bridgehead atoms. The molecule has 0 aromatic heterocycles. The number of ether oxygens (including phenoxy) is 2. The summed E-state index contributed by atoms with van der Waals surface area (Å²) >= 11 is 6.78. The summed E-state index contributed by atoms with van der Waals surface area (Å²) in [5, 5.41) is 12.1. The van der Waals surface area contributed by atoms with Crippen LogP contribution in [-0.4, -0.2) is 19.6 Å². The predicted octanol–water partition coefficient (Wildman–Crippen LogP) is 4.78. The van der Waals surface area contributed by atoms with Gasteiger partial charge in [-0.15, -0.1) is 6.42 Å². The van der Waals surface area contributed by atoms with Gasteiger partial charge in [-0.2, -0.15) is 5.26 Å². The highest BCUT2D eigenvalue weighted by Crippen LogP contribution is 2.34. The number of halogens is 2. The van der Waals surface area contributed by atoms with Gasteiger partial charge in [0.2, 0.25) is 0 Å². The number of carbonyl (C=O) groups is 1. The van der Waals surface area contributed by atoms with Crippen molar-refractivity contribution in [1.29, 1.82) is 5.26 Å². The second kappa shape index (κ2) is 9.82. The molecular formula is C20H14Br2N2O3. The van der Waals surface area contributed by atoms with E-state index in [-0.39, 0.29) is 12.2 Å². The number of nitriles is 1. The van der Waals surface area contributed by atoms with Crippen molar-refractivity contribution < 1.29 is 14.3 Å². The van der Waals surface area contributed by atoms with Gasteiger partial charge in [-0.3, -0.25) is 4.79 Å². The first-order valence-electron chi connectivity index (χ1n) is 7.61. The van der Waals surface area contributed by atoms with Crippen molar-refractivity contribution in [3.63, 3.8) is 0 Å². The summed E-state index contributed by atoms with van der Waals surface area (Å²) in [4.78, 5) is 12.5. The van der Waals surface area contributed by atoms with Gasteiger partial charge in [-0.05, 0) is 58.4 Å². The number of benzene rings is 2. The van der Waals surface area contributed by atoms with Gasteiger partial charge in [0.15, 0.2) is 0 Å². The van der Waals surface area contributed by atoms with Gasteiger partial charge in [-0.25, -0.2) is 0 Å². The fourth-order valence-electron chi connectivity index (χ4n) is 2.13. The summed E-state index contributed by atoms with van der Waals surface area (Å²) in [5.41, 5.74) is 0.996. The van der Waals surface area contributed by atoms with Crippen LogP contribution in [0.1, 0.15) is 5.56 Å². The first-order chi connectivity index (χ1) is 13.0. The van der Waals surface area contributed by atoms with Crippen LogP contribution in [-0.2, 0) is 4.79 Å². The number of amides is 1. The average molecular weight is 490 g/mol. The molecule has 27 heavy (non-hydrogen) atoms. The maximum atomic E-state index is 12.5. The van der Waals surface area contributed by atoms with Gasteiger partial charge < -0.3 is 14.8 Å². The normalized spacial score (nSPS) is 10.5. The fourth-order valence-corrected chi connectivity index (χ4v) is 3.50. The Morgan fingerprint density at radius 1 is 1.30 bits per heavy atom. The molecule has 2 aromatic rings. The van der Waals surface area contributed by atoms with E-state index in [1.807, 2.05) is 6.07 Å². The Morgan fingerprint density at radius 2 is 2.00 bits per heavy atom. The first kappa shape index (κ1) is 20.6. The third-order valence-electron chi connectivity index (χ3n) is 3.35. The second-order valence-corrected chi connectivity index (χ2v) is 6.92. The zero-order chi connectivity index (χ0) is 19.8. The summed E-state index contributed by atoms with van der Waals surface area (Å²) in [5.74, 6) is 2.96. The third kappa shape index (κ3) is 5.62. The third-order valence-corrected chi connectivity index (χ3v) is 4.40. The molecule has 0 aliphatic rings. The Morgan fingerprint density at radius 3 is 2.59 bits per heavy atom. The zero-order valence-electron chi connectivity index (χ0n) is 14.3. The average Bonchev–Trinajstić information content (AvgIpc) is 2.65. The molecule has 2 rings (SSSR count). The van der Waals surface area contributed by atoms with E-state index in [4.69, 9.17) is 15.9 Å². The number of terminal acetylenes is 1. The molecule has 2 aromatic carbocycles. The largest absolute Gasteiger partial charge is 0.497 e. The van der Waals surface area contributed by atoms with Crippen LogP contribution in [0.3, 0.4) is 0 Å². The summed E-state index contributed by atoms with van der Waals surface area (Å²) in [6.07, 6.45) is 6.69. The molecule has 0 radical (unpaired) electrons. The number of nitrogens with one attached hydrogen (secondary N) is 1. The Kier molecular flexibility index (Phi) is 7.48. The molecule has 7 heteroatoms. The molecule has 0 spiro atoms. The lowest BCUT2D eigenvalue weighted by atomic mass is 10.1. The molecule has 0 saturated carbocycles. The van der Waals surface area contributed by atoms with Crippen molar-refractivity contribution in [2.75, 3.05) is 19.0 Å². The lowest BCUT2D eigenvalue weighted by molar-refractivity contribution is -0.112. The zero-order valence-corrected chi connectivity index (χ0v) is 17.4. The van der Waals surface area contributed by atoms with E-state index in [9.17, 15) is 10.1 Å². The molecule has 0 atom stereocenters.